The van der Waals surface area contributed by atoms with Crippen molar-refractivity contribution >= 4 is 15.9 Å². The van der Waals surface area contributed by atoms with E-state index in [1.807, 2.05) is 0 Å². The summed E-state index contributed by atoms with van der Waals surface area (Å²) in [5.74, 6) is -0.0714. The Morgan fingerprint density at radius 2 is 2.67 bits per heavy atom. The Bertz CT molecular complexity index is 258. The topological polar surface area (TPSA) is 25.8 Å². The Labute approximate surface area is 63.1 Å². The molecule has 4 heteroatoms. The van der Waals surface area contributed by atoms with E-state index in [1.165, 1.54) is 0 Å². The van der Waals surface area contributed by atoms with Gasteiger partial charge in [0.2, 0.25) is 0 Å². The lowest BCUT2D eigenvalue weighted by atomic mass is 10.6. The summed E-state index contributed by atoms with van der Waals surface area (Å²) in [5, 5.41) is 0. The summed E-state index contributed by atoms with van der Waals surface area (Å²) in [7, 11) is 0. The fraction of sp³-hybridized carbons (Fsp3) is 0.200. The fourth-order valence-corrected chi connectivity index (χ4v) is 0.658. The van der Waals surface area contributed by atoms with Crippen LogP contribution in [0.15, 0.2) is 16.8 Å². The van der Waals surface area contributed by atoms with Crippen LogP contribution in [0.4, 0.5) is 4.39 Å². The first-order chi connectivity index (χ1) is 5.15. The molecule has 0 aliphatic carbocycles. The summed E-state index contributed by atoms with van der Waals surface area (Å²) in [6.07, 6.45) is -0.264. The number of hydrogen-bond acceptors (Lipinski definition) is 2. The lowest BCUT2D eigenvalue weighted by molar-refractivity contribution is 0.464. The lowest BCUT2D eigenvalue weighted by Gasteiger charge is -1.90. The molecule has 0 aliphatic rings. The Morgan fingerprint density at radius 3 is 3.22 bits per heavy atom. The predicted octanol–water partition coefficient (Wildman–Crippen LogP) is 1.71. The third kappa shape index (κ3) is 1.71. The highest BCUT2D eigenvalue weighted by Crippen LogP contribution is 2.03. The Balaban J connectivity index is 3.21. The number of rotatable bonds is 1. The monoisotopic (exact) mass is 192 g/mol. The zero-order valence-electron chi connectivity index (χ0n) is 6.36. The average molecular weight is 193 g/mol. The summed E-state index contributed by atoms with van der Waals surface area (Å²) in [5.41, 5.74) is 0. The van der Waals surface area contributed by atoms with Gasteiger partial charge in [-0.05, 0) is 22.0 Å². The van der Waals surface area contributed by atoms with E-state index in [0.29, 0.717) is 0 Å². The molecular weight excluding hydrogens is 187 g/mol. The molecule has 48 valence electrons. The van der Waals surface area contributed by atoms with E-state index in [0.717, 1.165) is 0 Å². The van der Waals surface area contributed by atoms with Gasteiger partial charge in [0, 0.05) is 6.17 Å². The molecule has 1 aromatic heterocycles. The number of halogens is 2. The highest BCUT2D eigenvalue weighted by Gasteiger charge is 1.92. The van der Waals surface area contributed by atoms with Gasteiger partial charge in [-0.2, -0.15) is 0 Å². The minimum absolute atomic E-state index is 0.0714. The van der Waals surface area contributed by atoms with Gasteiger partial charge in [0.15, 0.2) is 5.82 Å². The SMILES string of the molecule is [2H]c1nc(CF)nc(Br)c1[2H]. The van der Waals surface area contributed by atoms with Crippen LogP contribution in [0, 0.1) is 0 Å². The van der Waals surface area contributed by atoms with Crippen molar-refractivity contribution in [2.45, 2.75) is 6.67 Å². The largest absolute Gasteiger partial charge is 0.242 e. The van der Waals surface area contributed by atoms with E-state index in [1.54, 1.807) is 0 Å². The van der Waals surface area contributed by atoms with Crippen molar-refractivity contribution in [3.8, 4) is 0 Å². The van der Waals surface area contributed by atoms with E-state index < -0.39 is 6.67 Å². The van der Waals surface area contributed by atoms with Crippen LogP contribution in [-0.4, -0.2) is 9.97 Å². The maximum absolute atomic E-state index is 11.9. The molecular formula is C5H4BrFN2. The quantitative estimate of drug-likeness (QED) is 0.634. The van der Waals surface area contributed by atoms with Crippen molar-refractivity contribution < 1.29 is 7.13 Å². The highest BCUT2D eigenvalue weighted by molar-refractivity contribution is 9.10. The molecule has 0 N–H and O–H groups in total. The fourth-order valence-electron chi connectivity index (χ4n) is 0.365. The molecule has 0 amide bonds. The first-order valence-electron chi connectivity index (χ1n) is 3.20. The minimum Gasteiger partial charge on any atom is -0.242 e. The van der Waals surface area contributed by atoms with Crippen LogP contribution in [0.25, 0.3) is 0 Å². The van der Waals surface area contributed by atoms with E-state index >= 15 is 0 Å². The van der Waals surface area contributed by atoms with Crippen molar-refractivity contribution in [3.63, 3.8) is 0 Å². The van der Waals surface area contributed by atoms with Crippen molar-refractivity contribution in [2.75, 3.05) is 0 Å². The molecule has 2 nitrogen and oxygen atoms in total. The van der Waals surface area contributed by atoms with Gasteiger partial charge in [-0.15, -0.1) is 0 Å². The molecule has 0 fully saturated rings. The zero-order valence-corrected chi connectivity index (χ0v) is 5.94. The zero-order chi connectivity index (χ0) is 8.43. The number of alkyl halides is 1. The van der Waals surface area contributed by atoms with Crippen LogP contribution in [0.5, 0.6) is 0 Å². The standard InChI is InChI=1S/C5H4BrFN2/c6-4-1-2-8-5(3-7)9-4/h1-2H,3H2/i1D,2D. The second-order valence-electron chi connectivity index (χ2n) is 1.30. The summed E-state index contributed by atoms with van der Waals surface area (Å²) in [6.45, 7) is -0.815. The van der Waals surface area contributed by atoms with Gasteiger partial charge in [-0.1, -0.05) is 0 Å². The number of nitrogens with zero attached hydrogens (tertiary/aromatic N) is 2. The summed E-state index contributed by atoms with van der Waals surface area (Å²) >= 11 is 2.91. The van der Waals surface area contributed by atoms with Crippen LogP contribution >= 0.6 is 15.9 Å². The van der Waals surface area contributed by atoms with Crippen molar-refractivity contribution in [3.05, 3.63) is 22.6 Å². The second-order valence-corrected chi connectivity index (χ2v) is 2.05. The third-order valence-corrected chi connectivity index (χ3v) is 1.07. The Kier molecular flexibility index (Phi) is 1.38. The van der Waals surface area contributed by atoms with Gasteiger partial charge in [0.25, 0.3) is 0 Å². The van der Waals surface area contributed by atoms with Gasteiger partial charge in [-0.25, -0.2) is 14.4 Å². The maximum atomic E-state index is 11.9. The summed E-state index contributed by atoms with van der Waals surface area (Å²) < 4.78 is 26.3. The Morgan fingerprint density at radius 1 is 1.89 bits per heavy atom. The van der Waals surface area contributed by atoms with Crippen LogP contribution < -0.4 is 0 Å². The van der Waals surface area contributed by atoms with E-state index in [9.17, 15) is 4.39 Å². The van der Waals surface area contributed by atoms with Gasteiger partial charge in [-0.3, -0.25) is 0 Å². The molecule has 0 spiro atoms. The van der Waals surface area contributed by atoms with E-state index in [-0.39, 0.29) is 22.6 Å². The molecule has 0 aliphatic heterocycles. The van der Waals surface area contributed by atoms with Gasteiger partial charge in [0.05, 0.1) is 2.74 Å². The van der Waals surface area contributed by atoms with Crippen LogP contribution in [0.1, 0.15) is 8.57 Å². The number of hydrogen-bond donors (Lipinski definition) is 0. The number of aromatic nitrogens is 2. The molecule has 0 bridgehead atoms. The smallest absolute Gasteiger partial charge is 0.160 e. The molecule has 1 rings (SSSR count). The molecule has 0 radical (unpaired) electrons. The molecule has 1 aromatic rings. The molecule has 0 aromatic carbocycles. The molecule has 9 heavy (non-hydrogen) atoms. The van der Waals surface area contributed by atoms with E-state index in [2.05, 4.69) is 25.9 Å². The molecule has 0 saturated heterocycles. The summed E-state index contributed by atoms with van der Waals surface area (Å²) in [6, 6.07) is -0.123. The predicted molar refractivity (Wildman–Crippen MR) is 34.5 cm³/mol. The average Bonchev–Trinajstić information content (AvgIpc) is 1.99. The highest BCUT2D eigenvalue weighted by atomic mass is 79.9. The molecule has 0 saturated carbocycles. The second kappa shape index (κ2) is 2.87. The normalized spacial score (nSPS) is 12.7. The van der Waals surface area contributed by atoms with Crippen LogP contribution in [-0.2, 0) is 6.67 Å². The van der Waals surface area contributed by atoms with Crippen molar-refractivity contribution in [1.82, 2.24) is 9.97 Å². The van der Waals surface area contributed by atoms with Gasteiger partial charge < -0.3 is 0 Å². The van der Waals surface area contributed by atoms with Crippen molar-refractivity contribution in [2.24, 2.45) is 0 Å². The minimum atomic E-state index is -0.815. The molecule has 0 unspecified atom stereocenters. The van der Waals surface area contributed by atoms with Gasteiger partial charge >= 0.3 is 0 Å². The van der Waals surface area contributed by atoms with Crippen LogP contribution in [0.3, 0.4) is 0 Å². The van der Waals surface area contributed by atoms with Crippen LogP contribution in [0.2, 0.25) is 0 Å². The molecule has 1 heterocycles. The lowest BCUT2D eigenvalue weighted by Crippen LogP contribution is -1.89. The third-order valence-electron chi connectivity index (χ3n) is 0.691. The summed E-state index contributed by atoms with van der Waals surface area (Å²) in [4.78, 5) is 6.99. The Hall–Kier alpha value is -0.510. The first-order valence-corrected chi connectivity index (χ1v) is 3.00. The van der Waals surface area contributed by atoms with Gasteiger partial charge in [0.1, 0.15) is 11.3 Å². The molecule has 0 atom stereocenters. The van der Waals surface area contributed by atoms with E-state index in [4.69, 9.17) is 2.74 Å². The maximum Gasteiger partial charge on any atom is 0.160 e. The van der Waals surface area contributed by atoms with Crippen molar-refractivity contribution in [1.29, 1.82) is 0 Å². The first kappa shape index (κ1) is 4.33.